The third kappa shape index (κ3) is 3.75. The molecule has 0 spiro atoms. The van der Waals surface area contributed by atoms with Gasteiger partial charge in [0.1, 0.15) is 6.61 Å². The van der Waals surface area contributed by atoms with E-state index >= 15 is 0 Å². The first-order valence-electron chi connectivity index (χ1n) is 5.65. The molecule has 2 N–H and O–H groups in total. The molecule has 19 heavy (non-hydrogen) atoms. The van der Waals surface area contributed by atoms with Gasteiger partial charge in [-0.05, 0) is 58.7 Å². The standard InChI is InChI=1S/C13H12BrF2NOS/c14-12-2-1-9(19-12)7-18-13-10(15)5-8(3-4-17)6-11(13)16/h1-2,5-6H,3-4,7,17H2. The monoisotopic (exact) mass is 347 g/mol. The molecule has 0 saturated heterocycles. The van der Waals surface area contributed by atoms with Gasteiger partial charge < -0.3 is 10.5 Å². The molecule has 0 aliphatic rings. The quantitative estimate of drug-likeness (QED) is 0.890. The van der Waals surface area contributed by atoms with Gasteiger partial charge in [0.15, 0.2) is 17.4 Å². The summed E-state index contributed by atoms with van der Waals surface area (Å²) in [4.78, 5) is 0.886. The summed E-state index contributed by atoms with van der Waals surface area (Å²) < 4.78 is 33.6. The predicted octanol–water partition coefficient (Wildman–Crippen LogP) is 3.87. The molecule has 0 amide bonds. The van der Waals surface area contributed by atoms with Crippen molar-refractivity contribution in [1.29, 1.82) is 0 Å². The Kier molecular flexibility index (Phi) is 4.90. The number of hydrogen-bond donors (Lipinski definition) is 1. The number of thiophene rings is 1. The van der Waals surface area contributed by atoms with Crippen LogP contribution in [-0.4, -0.2) is 6.54 Å². The molecule has 0 unspecified atom stereocenters. The molecule has 2 nitrogen and oxygen atoms in total. The van der Waals surface area contributed by atoms with Crippen LogP contribution in [0.4, 0.5) is 8.78 Å². The summed E-state index contributed by atoms with van der Waals surface area (Å²) in [6, 6.07) is 6.22. The van der Waals surface area contributed by atoms with Crippen molar-refractivity contribution >= 4 is 27.3 Å². The van der Waals surface area contributed by atoms with E-state index in [-0.39, 0.29) is 12.4 Å². The smallest absolute Gasteiger partial charge is 0.191 e. The van der Waals surface area contributed by atoms with E-state index in [1.54, 1.807) is 0 Å². The maximum Gasteiger partial charge on any atom is 0.191 e. The number of benzene rings is 1. The number of halogens is 3. The zero-order chi connectivity index (χ0) is 13.8. The second-order valence-electron chi connectivity index (χ2n) is 3.92. The summed E-state index contributed by atoms with van der Waals surface area (Å²) in [5.41, 5.74) is 5.89. The minimum Gasteiger partial charge on any atom is -0.482 e. The molecule has 0 bridgehead atoms. The summed E-state index contributed by atoms with van der Waals surface area (Å²) in [5.74, 6) is -1.73. The Balaban J connectivity index is 2.11. The fraction of sp³-hybridized carbons (Fsp3) is 0.231. The highest BCUT2D eigenvalue weighted by Gasteiger charge is 2.13. The zero-order valence-electron chi connectivity index (χ0n) is 9.96. The molecular formula is C13H12BrF2NOS. The van der Waals surface area contributed by atoms with E-state index in [0.717, 1.165) is 8.66 Å². The maximum absolute atomic E-state index is 13.7. The summed E-state index contributed by atoms with van der Waals surface area (Å²) >= 11 is 4.78. The summed E-state index contributed by atoms with van der Waals surface area (Å²) in [5, 5.41) is 0. The molecule has 1 aromatic carbocycles. The average molecular weight is 348 g/mol. The van der Waals surface area contributed by atoms with Gasteiger partial charge in [-0.25, -0.2) is 8.78 Å². The van der Waals surface area contributed by atoms with Crippen molar-refractivity contribution in [2.45, 2.75) is 13.0 Å². The average Bonchev–Trinajstić information content (AvgIpc) is 2.74. The Labute approximate surface area is 122 Å². The number of ether oxygens (including phenoxy) is 1. The van der Waals surface area contributed by atoms with Gasteiger partial charge in [0.2, 0.25) is 0 Å². The first-order valence-corrected chi connectivity index (χ1v) is 7.26. The van der Waals surface area contributed by atoms with Gasteiger partial charge in [-0.2, -0.15) is 0 Å². The summed E-state index contributed by atoms with van der Waals surface area (Å²) in [7, 11) is 0. The topological polar surface area (TPSA) is 35.2 Å². The van der Waals surface area contributed by atoms with E-state index in [4.69, 9.17) is 10.5 Å². The van der Waals surface area contributed by atoms with Crippen molar-refractivity contribution in [1.82, 2.24) is 0 Å². The van der Waals surface area contributed by atoms with Crippen LogP contribution in [0.5, 0.6) is 5.75 Å². The van der Waals surface area contributed by atoms with Crippen LogP contribution in [0.15, 0.2) is 28.1 Å². The van der Waals surface area contributed by atoms with E-state index in [1.165, 1.54) is 23.5 Å². The van der Waals surface area contributed by atoms with Gasteiger partial charge in [0.05, 0.1) is 3.79 Å². The second-order valence-corrected chi connectivity index (χ2v) is 6.47. The van der Waals surface area contributed by atoms with Crippen molar-refractivity contribution in [3.8, 4) is 5.75 Å². The van der Waals surface area contributed by atoms with E-state index in [9.17, 15) is 8.78 Å². The summed E-state index contributed by atoms with van der Waals surface area (Å²) in [6.07, 6.45) is 0.436. The Morgan fingerprint density at radius 3 is 2.42 bits per heavy atom. The van der Waals surface area contributed by atoms with Crippen LogP contribution in [0.25, 0.3) is 0 Å². The Hall–Kier alpha value is -0.980. The fourth-order valence-electron chi connectivity index (χ4n) is 1.63. The molecule has 0 radical (unpaired) electrons. The highest BCUT2D eigenvalue weighted by Crippen LogP contribution is 2.27. The molecule has 1 heterocycles. The predicted molar refractivity (Wildman–Crippen MR) is 75.5 cm³/mol. The summed E-state index contributed by atoms with van der Waals surface area (Å²) in [6.45, 7) is 0.489. The van der Waals surface area contributed by atoms with Crippen LogP contribution in [0.2, 0.25) is 0 Å². The van der Waals surface area contributed by atoms with Gasteiger partial charge in [0, 0.05) is 4.88 Å². The van der Waals surface area contributed by atoms with Gasteiger partial charge in [-0.1, -0.05) is 0 Å². The van der Waals surface area contributed by atoms with Crippen molar-refractivity contribution in [3.05, 3.63) is 50.1 Å². The van der Waals surface area contributed by atoms with E-state index in [0.29, 0.717) is 18.5 Å². The molecule has 1 aromatic heterocycles. The van der Waals surface area contributed by atoms with Crippen molar-refractivity contribution in [2.24, 2.45) is 5.73 Å². The minimum atomic E-state index is -0.695. The molecule has 0 fully saturated rings. The first kappa shape index (κ1) is 14.4. The Bertz CT molecular complexity index is 551. The normalized spacial score (nSPS) is 10.7. The highest BCUT2D eigenvalue weighted by molar-refractivity contribution is 9.11. The van der Waals surface area contributed by atoms with E-state index in [1.807, 2.05) is 12.1 Å². The Morgan fingerprint density at radius 1 is 1.21 bits per heavy atom. The number of nitrogens with two attached hydrogens (primary N) is 1. The van der Waals surface area contributed by atoms with Crippen LogP contribution in [0.3, 0.4) is 0 Å². The number of rotatable bonds is 5. The lowest BCUT2D eigenvalue weighted by molar-refractivity contribution is 0.276. The SMILES string of the molecule is NCCc1cc(F)c(OCc2ccc(Br)s2)c(F)c1. The van der Waals surface area contributed by atoms with Crippen molar-refractivity contribution in [2.75, 3.05) is 6.54 Å². The van der Waals surface area contributed by atoms with Crippen LogP contribution in [-0.2, 0) is 13.0 Å². The van der Waals surface area contributed by atoms with Gasteiger partial charge >= 0.3 is 0 Å². The third-order valence-electron chi connectivity index (χ3n) is 2.48. The van der Waals surface area contributed by atoms with E-state index < -0.39 is 11.6 Å². The van der Waals surface area contributed by atoms with Crippen LogP contribution in [0, 0.1) is 11.6 Å². The lowest BCUT2D eigenvalue weighted by atomic mass is 10.1. The van der Waals surface area contributed by atoms with Crippen molar-refractivity contribution < 1.29 is 13.5 Å². The molecular weight excluding hydrogens is 336 g/mol. The maximum atomic E-state index is 13.7. The fourth-order valence-corrected chi connectivity index (χ4v) is 3.03. The van der Waals surface area contributed by atoms with Crippen molar-refractivity contribution in [3.63, 3.8) is 0 Å². The van der Waals surface area contributed by atoms with Crippen LogP contribution < -0.4 is 10.5 Å². The molecule has 0 saturated carbocycles. The van der Waals surface area contributed by atoms with Crippen LogP contribution >= 0.6 is 27.3 Å². The number of hydrogen-bond acceptors (Lipinski definition) is 3. The Morgan fingerprint density at radius 2 is 1.89 bits per heavy atom. The van der Waals surface area contributed by atoms with E-state index in [2.05, 4.69) is 15.9 Å². The minimum absolute atomic E-state index is 0.139. The lowest BCUT2D eigenvalue weighted by Gasteiger charge is -2.09. The van der Waals surface area contributed by atoms with Gasteiger partial charge in [-0.15, -0.1) is 11.3 Å². The molecule has 0 aliphatic carbocycles. The molecule has 0 aliphatic heterocycles. The van der Waals surface area contributed by atoms with Crippen LogP contribution in [0.1, 0.15) is 10.4 Å². The lowest BCUT2D eigenvalue weighted by Crippen LogP contribution is -2.05. The first-order chi connectivity index (χ1) is 9.10. The highest BCUT2D eigenvalue weighted by atomic mass is 79.9. The molecule has 2 aromatic rings. The molecule has 102 valence electrons. The molecule has 0 atom stereocenters. The molecule has 2 rings (SSSR count). The largest absolute Gasteiger partial charge is 0.482 e. The zero-order valence-corrected chi connectivity index (χ0v) is 12.4. The van der Waals surface area contributed by atoms with Gasteiger partial charge in [0.25, 0.3) is 0 Å². The second kappa shape index (κ2) is 6.45. The molecule has 6 heteroatoms. The third-order valence-corrected chi connectivity index (χ3v) is 4.08. The van der Waals surface area contributed by atoms with Gasteiger partial charge in [-0.3, -0.25) is 0 Å².